The fourth-order valence-electron chi connectivity index (χ4n) is 3.29. The molecule has 0 atom stereocenters. The molecule has 10 heteroatoms. The number of carbonyl (C=O) groups excluding carboxylic acids is 1. The standard InChI is InChI=1S/C17H22F2N2O5.ClH/c1-21(15(22)17(9-20)2-4-23-5-3-17)8-11-6-13-14(25-10-24-13)7-12(11)26-16(18)19;/h6-7,16H,2-5,8-10,20H2,1H3;1H. The van der Waals surface area contributed by atoms with Gasteiger partial charge in [-0.2, -0.15) is 8.78 Å². The van der Waals surface area contributed by atoms with E-state index in [1.54, 1.807) is 13.1 Å². The lowest BCUT2D eigenvalue weighted by Crippen LogP contribution is -2.49. The van der Waals surface area contributed by atoms with Gasteiger partial charge in [0, 0.05) is 45.0 Å². The summed E-state index contributed by atoms with van der Waals surface area (Å²) >= 11 is 0. The van der Waals surface area contributed by atoms with Crippen molar-refractivity contribution in [1.29, 1.82) is 0 Å². The molecule has 2 heterocycles. The van der Waals surface area contributed by atoms with Gasteiger partial charge in [-0.1, -0.05) is 0 Å². The lowest BCUT2D eigenvalue weighted by molar-refractivity contribution is -0.146. The number of hydrogen-bond donors (Lipinski definition) is 1. The third-order valence-electron chi connectivity index (χ3n) is 4.82. The molecule has 2 aliphatic heterocycles. The van der Waals surface area contributed by atoms with Crippen molar-refractivity contribution in [1.82, 2.24) is 4.90 Å². The van der Waals surface area contributed by atoms with Crippen molar-refractivity contribution in [2.75, 3.05) is 33.6 Å². The topological polar surface area (TPSA) is 83.2 Å². The highest BCUT2D eigenvalue weighted by molar-refractivity contribution is 5.85. The number of alkyl halides is 2. The monoisotopic (exact) mass is 408 g/mol. The van der Waals surface area contributed by atoms with Gasteiger partial charge in [0.05, 0.1) is 5.41 Å². The largest absolute Gasteiger partial charge is 0.454 e. The van der Waals surface area contributed by atoms with Gasteiger partial charge in [-0.15, -0.1) is 12.4 Å². The first-order chi connectivity index (χ1) is 12.4. The Morgan fingerprint density at radius 3 is 2.52 bits per heavy atom. The molecule has 1 saturated heterocycles. The maximum absolute atomic E-state index is 13.0. The fourth-order valence-corrected chi connectivity index (χ4v) is 3.29. The molecule has 1 aromatic rings. The van der Waals surface area contributed by atoms with Gasteiger partial charge in [0.1, 0.15) is 5.75 Å². The quantitative estimate of drug-likeness (QED) is 0.776. The Bertz CT molecular complexity index is 671. The van der Waals surface area contributed by atoms with Crippen LogP contribution in [-0.2, 0) is 16.1 Å². The van der Waals surface area contributed by atoms with E-state index >= 15 is 0 Å². The van der Waals surface area contributed by atoms with Crippen molar-refractivity contribution in [3.63, 3.8) is 0 Å². The Labute approximate surface area is 162 Å². The van der Waals surface area contributed by atoms with Crippen molar-refractivity contribution >= 4 is 18.3 Å². The second-order valence-corrected chi connectivity index (χ2v) is 6.45. The Morgan fingerprint density at radius 2 is 1.93 bits per heavy atom. The number of ether oxygens (including phenoxy) is 4. The number of halogens is 3. The zero-order chi connectivity index (χ0) is 18.7. The van der Waals surface area contributed by atoms with Crippen LogP contribution in [0.4, 0.5) is 8.78 Å². The van der Waals surface area contributed by atoms with Crippen LogP contribution < -0.4 is 19.9 Å². The summed E-state index contributed by atoms with van der Waals surface area (Å²) in [6.45, 7) is -1.73. The van der Waals surface area contributed by atoms with E-state index in [0.717, 1.165) is 0 Å². The summed E-state index contributed by atoms with van der Waals surface area (Å²) < 4.78 is 45.9. The molecule has 0 bridgehead atoms. The number of benzene rings is 1. The van der Waals surface area contributed by atoms with Crippen molar-refractivity contribution < 1.29 is 32.5 Å². The van der Waals surface area contributed by atoms with E-state index in [2.05, 4.69) is 4.74 Å². The SMILES string of the molecule is CN(Cc1cc2c(cc1OC(F)F)OCO2)C(=O)C1(CN)CCOCC1.Cl. The highest BCUT2D eigenvalue weighted by Crippen LogP contribution is 2.40. The van der Waals surface area contributed by atoms with Crippen LogP contribution in [0.25, 0.3) is 0 Å². The van der Waals surface area contributed by atoms with Crippen LogP contribution in [0.5, 0.6) is 17.2 Å². The van der Waals surface area contributed by atoms with E-state index in [1.807, 2.05) is 0 Å². The molecule has 27 heavy (non-hydrogen) atoms. The minimum absolute atomic E-state index is 0. The number of rotatable bonds is 6. The van der Waals surface area contributed by atoms with Crippen molar-refractivity contribution in [3.8, 4) is 17.2 Å². The number of amides is 1. The van der Waals surface area contributed by atoms with E-state index in [1.165, 1.54) is 11.0 Å². The van der Waals surface area contributed by atoms with Crippen LogP contribution in [-0.4, -0.2) is 51.0 Å². The number of hydrogen-bond acceptors (Lipinski definition) is 6. The van der Waals surface area contributed by atoms with Crippen LogP contribution in [0.1, 0.15) is 18.4 Å². The first-order valence-electron chi connectivity index (χ1n) is 8.36. The lowest BCUT2D eigenvalue weighted by atomic mass is 9.79. The zero-order valence-electron chi connectivity index (χ0n) is 14.9. The maximum Gasteiger partial charge on any atom is 0.387 e. The number of nitrogens with zero attached hydrogens (tertiary/aromatic N) is 1. The Balaban J connectivity index is 0.00000261. The Kier molecular flexibility index (Phi) is 7.07. The first-order valence-corrected chi connectivity index (χ1v) is 8.36. The molecule has 2 N–H and O–H groups in total. The molecule has 2 aliphatic rings. The van der Waals surface area contributed by atoms with Crippen molar-refractivity contribution in [2.45, 2.75) is 26.0 Å². The summed E-state index contributed by atoms with van der Waals surface area (Å²) in [5, 5.41) is 0. The highest BCUT2D eigenvalue weighted by Gasteiger charge is 2.40. The molecule has 3 rings (SSSR count). The van der Waals surface area contributed by atoms with E-state index in [9.17, 15) is 13.6 Å². The van der Waals surface area contributed by atoms with Crippen LogP contribution >= 0.6 is 12.4 Å². The third-order valence-corrected chi connectivity index (χ3v) is 4.82. The van der Waals surface area contributed by atoms with E-state index < -0.39 is 12.0 Å². The molecule has 0 aliphatic carbocycles. The summed E-state index contributed by atoms with van der Waals surface area (Å²) in [6, 6.07) is 2.91. The molecular weight excluding hydrogens is 386 g/mol. The molecule has 0 aromatic heterocycles. The molecule has 152 valence electrons. The zero-order valence-corrected chi connectivity index (χ0v) is 15.7. The van der Waals surface area contributed by atoms with Gasteiger partial charge in [0.25, 0.3) is 0 Å². The summed E-state index contributed by atoms with van der Waals surface area (Å²) in [5.41, 5.74) is 5.60. The third kappa shape index (κ3) is 4.53. The van der Waals surface area contributed by atoms with Gasteiger partial charge in [0.15, 0.2) is 11.5 Å². The minimum atomic E-state index is -2.99. The molecule has 1 amide bonds. The molecule has 0 unspecified atom stereocenters. The van der Waals surface area contributed by atoms with Crippen LogP contribution in [0.2, 0.25) is 0 Å². The molecule has 0 spiro atoms. The predicted molar refractivity (Wildman–Crippen MR) is 94.5 cm³/mol. The molecule has 1 fully saturated rings. The lowest BCUT2D eigenvalue weighted by Gasteiger charge is -2.37. The second kappa shape index (κ2) is 8.90. The van der Waals surface area contributed by atoms with Crippen LogP contribution in [0.3, 0.4) is 0 Å². The maximum atomic E-state index is 13.0. The van der Waals surface area contributed by atoms with E-state index in [0.29, 0.717) is 43.1 Å². The fraction of sp³-hybridized carbons (Fsp3) is 0.588. The average Bonchev–Trinajstić information content (AvgIpc) is 3.08. The van der Waals surface area contributed by atoms with Gasteiger partial charge in [-0.25, -0.2) is 0 Å². The smallest absolute Gasteiger partial charge is 0.387 e. The molecular formula is C17H23ClF2N2O5. The summed E-state index contributed by atoms with van der Waals surface area (Å²) in [7, 11) is 1.62. The molecule has 7 nitrogen and oxygen atoms in total. The average molecular weight is 409 g/mol. The number of carbonyl (C=O) groups is 1. The minimum Gasteiger partial charge on any atom is -0.454 e. The van der Waals surface area contributed by atoms with Gasteiger partial charge < -0.3 is 29.6 Å². The molecule has 0 saturated carbocycles. The number of nitrogens with two attached hydrogens (primary N) is 1. The Hall–Kier alpha value is -1.84. The van der Waals surface area contributed by atoms with Crippen LogP contribution in [0, 0.1) is 5.41 Å². The van der Waals surface area contributed by atoms with Gasteiger partial charge >= 0.3 is 6.61 Å². The van der Waals surface area contributed by atoms with Crippen molar-refractivity contribution in [2.24, 2.45) is 11.1 Å². The normalized spacial score (nSPS) is 17.4. The van der Waals surface area contributed by atoms with Gasteiger partial charge in [-0.05, 0) is 18.9 Å². The van der Waals surface area contributed by atoms with Gasteiger partial charge in [0.2, 0.25) is 12.7 Å². The molecule has 1 aromatic carbocycles. The number of fused-ring (bicyclic) bond motifs is 1. The van der Waals surface area contributed by atoms with E-state index in [4.69, 9.17) is 19.9 Å². The predicted octanol–water partition coefficient (Wildman–Crippen LogP) is 2.15. The first kappa shape index (κ1) is 21.5. The molecule has 0 radical (unpaired) electrons. The van der Waals surface area contributed by atoms with Crippen LogP contribution in [0.15, 0.2) is 12.1 Å². The van der Waals surface area contributed by atoms with Crippen molar-refractivity contribution in [3.05, 3.63) is 17.7 Å². The summed E-state index contributed by atoms with van der Waals surface area (Å²) in [4.78, 5) is 14.4. The Morgan fingerprint density at radius 1 is 1.30 bits per heavy atom. The summed E-state index contributed by atoms with van der Waals surface area (Å²) in [6.07, 6.45) is 1.07. The van der Waals surface area contributed by atoms with Gasteiger partial charge in [-0.3, -0.25) is 4.79 Å². The highest BCUT2D eigenvalue weighted by atomic mass is 35.5. The summed E-state index contributed by atoms with van der Waals surface area (Å²) in [5.74, 6) is 0.588. The van der Waals surface area contributed by atoms with E-state index in [-0.39, 0.29) is 43.9 Å². The second-order valence-electron chi connectivity index (χ2n) is 6.45.